The van der Waals surface area contributed by atoms with Crippen LogP contribution in [0.3, 0.4) is 0 Å². The van der Waals surface area contributed by atoms with E-state index in [-0.39, 0.29) is 30.5 Å². The summed E-state index contributed by atoms with van der Waals surface area (Å²) in [6, 6.07) is 0.516. The van der Waals surface area contributed by atoms with Gasteiger partial charge in [-0.3, -0.25) is 4.79 Å². The van der Waals surface area contributed by atoms with Gasteiger partial charge in [-0.25, -0.2) is 14.9 Å². The molecule has 0 aromatic carbocycles. The molecule has 3 rings (SSSR count). The number of nitrogens with zero attached hydrogens (tertiary/aromatic N) is 4. The number of hydrogen-bond acceptors (Lipinski definition) is 7. The molecule has 2 N–H and O–H groups in total. The molecule has 27 heavy (non-hydrogen) atoms. The second-order valence-corrected chi connectivity index (χ2v) is 5.79. The van der Waals surface area contributed by atoms with Crippen LogP contribution in [0.15, 0.2) is 23.3 Å². The highest BCUT2D eigenvalue weighted by Gasteiger charge is 2.40. The first kappa shape index (κ1) is 18.6. The second kappa shape index (κ2) is 7.21. The number of aromatic nitrogens is 4. The predicted molar refractivity (Wildman–Crippen MR) is 84.7 cm³/mol. The molecule has 12 heteroatoms. The number of ether oxygens (including phenoxy) is 1. The van der Waals surface area contributed by atoms with Crippen LogP contribution >= 0.6 is 0 Å². The minimum atomic E-state index is -4.83. The second-order valence-electron chi connectivity index (χ2n) is 5.79. The monoisotopic (exact) mass is 385 g/mol. The van der Waals surface area contributed by atoms with E-state index in [4.69, 9.17) is 9.84 Å². The maximum Gasteiger partial charge on any atom is 0.423 e. The summed E-state index contributed by atoms with van der Waals surface area (Å²) in [5.74, 6) is -1.26. The van der Waals surface area contributed by atoms with E-state index in [2.05, 4.69) is 15.1 Å². The Balaban J connectivity index is 1.81. The third-order valence-corrected chi connectivity index (χ3v) is 4.06. The molecule has 0 amide bonds. The number of carboxylic acid groups (broad SMARTS) is 1. The van der Waals surface area contributed by atoms with E-state index < -0.39 is 29.3 Å². The summed E-state index contributed by atoms with van der Waals surface area (Å²) in [6.07, 6.45) is -1.56. The van der Waals surface area contributed by atoms with Crippen LogP contribution in [0.25, 0.3) is 0 Å². The van der Waals surface area contributed by atoms with E-state index in [1.807, 2.05) is 0 Å². The number of nitrogens with one attached hydrogen (secondary N) is 1. The van der Waals surface area contributed by atoms with Crippen LogP contribution in [0.2, 0.25) is 0 Å². The molecule has 0 unspecified atom stereocenters. The van der Waals surface area contributed by atoms with Crippen molar-refractivity contribution in [1.82, 2.24) is 20.2 Å². The number of carboxylic acids is 1. The summed E-state index contributed by atoms with van der Waals surface area (Å²) >= 11 is 0. The molecule has 0 saturated carbocycles. The average Bonchev–Trinajstić information content (AvgIpc) is 3.07. The van der Waals surface area contributed by atoms with E-state index in [9.17, 15) is 22.8 Å². The molecule has 0 aliphatic carbocycles. The fourth-order valence-corrected chi connectivity index (χ4v) is 2.91. The SMILES string of the molecule is O=C(O)c1ccnc(OC[C@@H]2CCCN2c2cn[nH]c(=O)c2C(F)(F)F)n1. The molecule has 1 aliphatic rings. The van der Waals surface area contributed by atoms with Crippen LogP contribution in [0.5, 0.6) is 6.01 Å². The molecule has 1 fully saturated rings. The van der Waals surface area contributed by atoms with E-state index in [1.165, 1.54) is 17.2 Å². The van der Waals surface area contributed by atoms with Gasteiger partial charge in [0.1, 0.15) is 12.2 Å². The number of anilines is 1. The number of aromatic amines is 1. The normalized spacial score (nSPS) is 17.1. The van der Waals surface area contributed by atoms with Gasteiger partial charge >= 0.3 is 18.2 Å². The largest absolute Gasteiger partial charge is 0.477 e. The molecular formula is C15H14F3N5O4. The number of alkyl halides is 3. The lowest BCUT2D eigenvalue weighted by molar-refractivity contribution is -0.138. The summed E-state index contributed by atoms with van der Waals surface area (Å²) in [5.41, 5.74) is -3.21. The van der Waals surface area contributed by atoms with Gasteiger partial charge in [0.25, 0.3) is 5.56 Å². The molecular weight excluding hydrogens is 371 g/mol. The molecule has 1 saturated heterocycles. The van der Waals surface area contributed by atoms with Gasteiger partial charge in [0.05, 0.1) is 17.9 Å². The van der Waals surface area contributed by atoms with E-state index >= 15 is 0 Å². The number of H-pyrrole nitrogens is 1. The Morgan fingerprint density at radius 2 is 2.22 bits per heavy atom. The van der Waals surface area contributed by atoms with Gasteiger partial charge in [-0.2, -0.15) is 23.3 Å². The maximum absolute atomic E-state index is 13.3. The molecule has 2 aromatic heterocycles. The summed E-state index contributed by atoms with van der Waals surface area (Å²) in [5, 5.41) is 14.2. The Hall–Kier alpha value is -3.18. The number of carbonyl (C=O) groups is 1. The van der Waals surface area contributed by atoms with E-state index in [0.717, 1.165) is 6.20 Å². The Kier molecular flexibility index (Phi) is 4.97. The van der Waals surface area contributed by atoms with Crippen LogP contribution in [0.1, 0.15) is 28.9 Å². The summed E-state index contributed by atoms with van der Waals surface area (Å²) in [7, 11) is 0. The topological polar surface area (TPSA) is 121 Å². The summed E-state index contributed by atoms with van der Waals surface area (Å²) in [4.78, 5) is 31.5. The van der Waals surface area contributed by atoms with Crippen LogP contribution in [0, 0.1) is 0 Å². The minimum absolute atomic E-state index is 0.0762. The van der Waals surface area contributed by atoms with Crippen molar-refractivity contribution >= 4 is 11.7 Å². The lowest BCUT2D eigenvalue weighted by Gasteiger charge is -2.28. The minimum Gasteiger partial charge on any atom is -0.477 e. The zero-order valence-corrected chi connectivity index (χ0v) is 13.7. The van der Waals surface area contributed by atoms with Crippen molar-refractivity contribution in [2.45, 2.75) is 25.1 Å². The van der Waals surface area contributed by atoms with Gasteiger partial charge in [-0.05, 0) is 18.9 Å². The van der Waals surface area contributed by atoms with Crippen molar-refractivity contribution in [2.75, 3.05) is 18.1 Å². The predicted octanol–water partition coefficient (Wildman–Crippen LogP) is 1.32. The standard InChI is InChI=1S/C15H14F3N5O4/c16-15(17,18)11-10(6-20-22-12(11)24)23-5-1-2-8(23)7-27-14-19-4-3-9(21-14)13(25)26/h3-4,6,8H,1-2,5,7H2,(H,22,24)(H,25,26)/t8-/m0/s1. The van der Waals surface area contributed by atoms with Crippen LogP contribution in [-0.4, -0.2) is 50.4 Å². The lowest BCUT2D eigenvalue weighted by Crippen LogP contribution is -2.38. The number of rotatable bonds is 5. The van der Waals surface area contributed by atoms with Gasteiger partial charge in [-0.15, -0.1) is 0 Å². The quantitative estimate of drug-likeness (QED) is 0.791. The first-order valence-electron chi connectivity index (χ1n) is 7.88. The molecule has 0 radical (unpaired) electrons. The molecule has 2 aromatic rings. The van der Waals surface area contributed by atoms with Gasteiger partial charge in [0.15, 0.2) is 5.69 Å². The van der Waals surface area contributed by atoms with Gasteiger partial charge in [0.2, 0.25) is 0 Å². The molecule has 144 valence electrons. The molecule has 3 heterocycles. The molecule has 0 bridgehead atoms. The van der Waals surface area contributed by atoms with Crippen molar-refractivity contribution in [3.05, 3.63) is 40.1 Å². The zero-order chi connectivity index (χ0) is 19.6. The fourth-order valence-electron chi connectivity index (χ4n) is 2.91. The third kappa shape index (κ3) is 3.99. The number of halogens is 3. The van der Waals surface area contributed by atoms with Gasteiger partial charge < -0.3 is 14.7 Å². The highest BCUT2D eigenvalue weighted by atomic mass is 19.4. The molecule has 1 atom stereocenters. The highest BCUT2D eigenvalue weighted by Crippen LogP contribution is 2.36. The van der Waals surface area contributed by atoms with Crippen molar-refractivity contribution in [3.63, 3.8) is 0 Å². The van der Waals surface area contributed by atoms with Crippen LogP contribution < -0.4 is 15.2 Å². The maximum atomic E-state index is 13.3. The van der Waals surface area contributed by atoms with Crippen LogP contribution in [-0.2, 0) is 6.18 Å². The van der Waals surface area contributed by atoms with Crippen molar-refractivity contribution < 1.29 is 27.8 Å². The average molecular weight is 385 g/mol. The van der Waals surface area contributed by atoms with Gasteiger partial charge in [-0.1, -0.05) is 0 Å². The molecule has 1 aliphatic heterocycles. The van der Waals surface area contributed by atoms with E-state index in [0.29, 0.717) is 12.8 Å². The van der Waals surface area contributed by atoms with Crippen molar-refractivity contribution in [2.24, 2.45) is 0 Å². The smallest absolute Gasteiger partial charge is 0.423 e. The number of hydrogen-bond donors (Lipinski definition) is 2. The highest BCUT2D eigenvalue weighted by molar-refractivity contribution is 5.85. The summed E-state index contributed by atoms with van der Waals surface area (Å²) < 4.78 is 45.2. The zero-order valence-electron chi connectivity index (χ0n) is 13.7. The van der Waals surface area contributed by atoms with Gasteiger partial charge in [0, 0.05) is 12.7 Å². The van der Waals surface area contributed by atoms with E-state index in [1.54, 1.807) is 5.10 Å². The Morgan fingerprint density at radius 3 is 2.93 bits per heavy atom. The van der Waals surface area contributed by atoms with Crippen molar-refractivity contribution in [1.29, 1.82) is 0 Å². The fraction of sp³-hybridized carbons (Fsp3) is 0.400. The van der Waals surface area contributed by atoms with Crippen molar-refractivity contribution in [3.8, 4) is 6.01 Å². The first-order valence-corrected chi connectivity index (χ1v) is 7.88. The number of aromatic carboxylic acids is 1. The Labute approximate surface area is 149 Å². The summed E-state index contributed by atoms with van der Waals surface area (Å²) in [6.45, 7) is 0.214. The molecule has 0 spiro atoms. The lowest BCUT2D eigenvalue weighted by atomic mass is 10.2. The Bertz CT molecular complexity index is 902. The molecule has 9 nitrogen and oxygen atoms in total. The Morgan fingerprint density at radius 1 is 1.44 bits per heavy atom. The third-order valence-electron chi connectivity index (χ3n) is 4.06. The van der Waals surface area contributed by atoms with Crippen LogP contribution in [0.4, 0.5) is 18.9 Å². The first-order chi connectivity index (χ1) is 12.8.